The smallest absolute Gasteiger partial charge is 0.280 e. The van der Waals surface area contributed by atoms with Gasteiger partial charge in [-0.25, -0.2) is 4.21 Å². The van der Waals surface area contributed by atoms with Crippen LogP contribution in [0.15, 0.2) is 34.3 Å². The summed E-state index contributed by atoms with van der Waals surface area (Å²) < 4.78 is 30.6. The first-order chi connectivity index (χ1) is 14.9. The summed E-state index contributed by atoms with van der Waals surface area (Å²) in [4.78, 5) is 25.1. The molecule has 9 heteroatoms. The average molecular weight is 450 g/mol. The van der Waals surface area contributed by atoms with Crippen molar-refractivity contribution >= 4 is 21.5 Å². The molecule has 2 amide bonds. The lowest BCUT2D eigenvalue weighted by molar-refractivity contribution is -0.114. The van der Waals surface area contributed by atoms with Crippen LogP contribution in [-0.2, 0) is 30.5 Å². The van der Waals surface area contributed by atoms with Gasteiger partial charge in [-0.3, -0.25) is 9.59 Å². The summed E-state index contributed by atoms with van der Waals surface area (Å²) in [6.45, 7) is 4.22. The number of nitrogens with one attached hydrogen (secondary N) is 1. The molecule has 1 aromatic heterocycles. The number of nitrogens with zero attached hydrogens (tertiary/aromatic N) is 2. The molecular formula is C22H31N3O5S. The van der Waals surface area contributed by atoms with Crippen LogP contribution in [0.4, 0.5) is 0 Å². The second-order valence-electron chi connectivity index (χ2n) is 8.51. The molecule has 0 aromatic carbocycles. The Morgan fingerprint density at radius 1 is 1.32 bits per heavy atom. The van der Waals surface area contributed by atoms with E-state index in [1.165, 1.54) is 0 Å². The maximum Gasteiger partial charge on any atom is 0.280 e. The van der Waals surface area contributed by atoms with Crippen molar-refractivity contribution in [2.75, 3.05) is 31.3 Å². The predicted octanol–water partition coefficient (Wildman–Crippen LogP) is 2.29. The first-order valence-corrected chi connectivity index (χ1v) is 12.9. The van der Waals surface area contributed by atoms with E-state index in [1.54, 1.807) is 6.08 Å². The summed E-state index contributed by atoms with van der Waals surface area (Å²) in [5.41, 5.74) is 0.859. The average Bonchev–Trinajstić information content (AvgIpc) is 3.26. The summed E-state index contributed by atoms with van der Waals surface area (Å²) >= 11 is 0. The van der Waals surface area contributed by atoms with Gasteiger partial charge in [-0.1, -0.05) is 6.08 Å². The maximum absolute atomic E-state index is 13.2. The van der Waals surface area contributed by atoms with Gasteiger partial charge in [0.05, 0.1) is 28.5 Å². The Morgan fingerprint density at radius 2 is 2.13 bits per heavy atom. The fourth-order valence-corrected chi connectivity index (χ4v) is 6.78. The molecule has 1 spiro atoms. The Bertz CT molecular complexity index is 975. The number of rotatable bonds is 4. The van der Waals surface area contributed by atoms with Gasteiger partial charge >= 0.3 is 0 Å². The van der Waals surface area contributed by atoms with E-state index in [0.29, 0.717) is 68.3 Å². The highest BCUT2D eigenvalue weighted by Gasteiger charge is 2.42. The minimum absolute atomic E-state index is 0.0153. The third-order valence-corrected chi connectivity index (χ3v) is 8.65. The Kier molecular flexibility index (Phi) is 6.64. The second-order valence-corrected chi connectivity index (χ2v) is 11.0. The largest absolute Gasteiger partial charge is 0.377 e. The minimum Gasteiger partial charge on any atom is -0.377 e. The molecule has 31 heavy (non-hydrogen) atoms. The molecule has 1 N–H and O–H groups in total. The molecule has 4 heterocycles. The quantitative estimate of drug-likeness (QED) is 0.760. The zero-order chi connectivity index (χ0) is 21.9. The van der Waals surface area contributed by atoms with Gasteiger partial charge in [-0.15, -0.1) is 0 Å². The zero-order valence-corrected chi connectivity index (χ0v) is 18.8. The summed E-state index contributed by atoms with van der Waals surface area (Å²) in [6.07, 6.45) is 6.78. The lowest BCUT2D eigenvalue weighted by Crippen LogP contribution is -2.52. The molecule has 0 bridgehead atoms. The van der Waals surface area contributed by atoms with Crippen molar-refractivity contribution in [2.45, 2.75) is 57.2 Å². The van der Waals surface area contributed by atoms with Gasteiger partial charge in [0.2, 0.25) is 0 Å². The van der Waals surface area contributed by atoms with Crippen LogP contribution in [0.5, 0.6) is 0 Å². The van der Waals surface area contributed by atoms with Crippen LogP contribution in [-0.4, -0.2) is 63.6 Å². The van der Waals surface area contributed by atoms with Crippen molar-refractivity contribution in [3.05, 3.63) is 35.7 Å². The molecule has 8 nitrogen and oxygen atoms in total. The van der Waals surface area contributed by atoms with E-state index in [4.69, 9.17) is 9.47 Å². The molecule has 2 fully saturated rings. The van der Waals surface area contributed by atoms with Gasteiger partial charge in [0, 0.05) is 48.9 Å². The van der Waals surface area contributed by atoms with Gasteiger partial charge in [-0.2, -0.15) is 4.36 Å². The first-order valence-electron chi connectivity index (χ1n) is 11.1. The highest BCUT2D eigenvalue weighted by atomic mass is 32.2. The molecule has 1 atom stereocenters. The SMILES string of the molecule is CCn1cccc1C(=O)NC1CCOC2(CCS(=O)(=NC(=O)C3=CCOCC3)CC2)C1. The topological polar surface area (TPSA) is 99.0 Å². The molecule has 1 aromatic rings. The number of hydrogen-bond donors (Lipinski definition) is 1. The summed E-state index contributed by atoms with van der Waals surface area (Å²) in [5, 5.41) is 3.16. The van der Waals surface area contributed by atoms with Crippen molar-refractivity contribution in [2.24, 2.45) is 4.36 Å². The molecule has 4 rings (SSSR count). The van der Waals surface area contributed by atoms with Crippen LogP contribution in [0, 0.1) is 0 Å². The molecular weight excluding hydrogens is 418 g/mol. The number of aromatic nitrogens is 1. The van der Waals surface area contributed by atoms with E-state index in [0.717, 1.165) is 13.0 Å². The van der Waals surface area contributed by atoms with Crippen LogP contribution in [0.25, 0.3) is 0 Å². The van der Waals surface area contributed by atoms with Gasteiger partial charge in [0.25, 0.3) is 11.8 Å². The Balaban J connectivity index is 1.38. The fourth-order valence-electron chi connectivity index (χ4n) is 4.60. The Morgan fingerprint density at radius 3 is 2.84 bits per heavy atom. The molecule has 0 radical (unpaired) electrons. The van der Waals surface area contributed by atoms with Crippen molar-refractivity contribution in [1.82, 2.24) is 9.88 Å². The number of carbonyl (C=O) groups is 2. The lowest BCUT2D eigenvalue weighted by Gasteiger charge is -2.44. The highest BCUT2D eigenvalue weighted by molar-refractivity contribution is 7.93. The zero-order valence-electron chi connectivity index (χ0n) is 18.0. The van der Waals surface area contributed by atoms with Gasteiger partial charge < -0.3 is 19.4 Å². The van der Waals surface area contributed by atoms with Crippen LogP contribution in [0.3, 0.4) is 0 Å². The highest BCUT2D eigenvalue weighted by Crippen LogP contribution is 2.36. The fraction of sp³-hybridized carbons (Fsp3) is 0.636. The second kappa shape index (κ2) is 9.26. The predicted molar refractivity (Wildman–Crippen MR) is 117 cm³/mol. The standard InChI is InChI=1S/C22H31N3O5S/c1-2-25-10-3-4-19(25)21(27)23-18-7-13-30-22(16-18)8-14-31(28,15-9-22)24-20(26)17-5-11-29-12-6-17/h3-5,10,18H,2,6-9,11-16H2,1H3,(H,23,27). The monoisotopic (exact) mass is 449 g/mol. The first kappa shape index (κ1) is 22.2. The van der Waals surface area contributed by atoms with Crippen molar-refractivity contribution in [1.29, 1.82) is 0 Å². The third-order valence-electron chi connectivity index (χ3n) is 6.47. The van der Waals surface area contributed by atoms with Crippen LogP contribution in [0.1, 0.15) is 49.5 Å². The molecule has 3 aliphatic heterocycles. The van der Waals surface area contributed by atoms with Crippen LogP contribution in [0.2, 0.25) is 0 Å². The van der Waals surface area contributed by atoms with Crippen LogP contribution >= 0.6 is 0 Å². The van der Waals surface area contributed by atoms with Crippen molar-refractivity contribution in [3.63, 3.8) is 0 Å². The number of amides is 2. The number of hydrogen-bond acceptors (Lipinski definition) is 5. The number of aryl methyl sites for hydroxylation is 1. The maximum atomic E-state index is 13.2. The molecule has 0 saturated carbocycles. The summed E-state index contributed by atoms with van der Waals surface area (Å²) in [6, 6.07) is 3.72. The summed E-state index contributed by atoms with van der Waals surface area (Å²) in [5.74, 6) is 0.265. The molecule has 3 aliphatic rings. The van der Waals surface area contributed by atoms with E-state index in [2.05, 4.69) is 9.68 Å². The molecule has 2 saturated heterocycles. The molecule has 170 valence electrons. The Labute approximate surface area is 183 Å². The van der Waals surface area contributed by atoms with Crippen molar-refractivity contribution in [3.8, 4) is 0 Å². The summed E-state index contributed by atoms with van der Waals surface area (Å²) in [7, 11) is -2.58. The third kappa shape index (κ3) is 5.10. The molecule has 1 unspecified atom stereocenters. The van der Waals surface area contributed by atoms with Gasteiger partial charge in [-0.05, 0) is 44.7 Å². The van der Waals surface area contributed by atoms with E-state index in [-0.39, 0.29) is 17.9 Å². The normalized spacial score (nSPS) is 31.1. The number of ether oxygens (including phenoxy) is 2. The minimum atomic E-state index is -2.58. The van der Waals surface area contributed by atoms with E-state index >= 15 is 0 Å². The van der Waals surface area contributed by atoms with Crippen LogP contribution < -0.4 is 5.32 Å². The van der Waals surface area contributed by atoms with E-state index in [1.807, 2.05) is 29.8 Å². The Hall–Kier alpha value is -1.97. The lowest BCUT2D eigenvalue weighted by atomic mass is 9.85. The van der Waals surface area contributed by atoms with E-state index < -0.39 is 15.3 Å². The van der Waals surface area contributed by atoms with Gasteiger partial charge in [0.15, 0.2) is 0 Å². The number of carbonyl (C=O) groups excluding carboxylic acids is 2. The van der Waals surface area contributed by atoms with Gasteiger partial charge in [0.1, 0.15) is 5.69 Å². The molecule has 0 aliphatic carbocycles. The van der Waals surface area contributed by atoms with Crippen molar-refractivity contribution < 1.29 is 23.3 Å². The van der Waals surface area contributed by atoms with E-state index in [9.17, 15) is 13.8 Å².